The van der Waals surface area contributed by atoms with E-state index in [1.54, 1.807) is 25.3 Å². The Bertz CT molecular complexity index is 729. The van der Waals surface area contributed by atoms with E-state index in [4.69, 9.17) is 9.47 Å². The lowest BCUT2D eigenvalue weighted by atomic mass is 10.1. The third-order valence-corrected chi connectivity index (χ3v) is 3.68. The zero-order valence-corrected chi connectivity index (χ0v) is 15.1. The van der Waals surface area contributed by atoms with Gasteiger partial charge in [0.25, 0.3) is 0 Å². The second-order valence-electron chi connectivity index (χ2n) is 5.60. The first kappa shape index (κ1) is 19.3. The quantitative estimate of drug-likeness (QED) is 0.678. The molecule has 0 aromatic heterocycles. The Morgan fingerprint density at radius 3 is 2.42 bits per heavy atom. The van der Waals surface area contributed by atoms with E-state index in [0.29, 0.717) is 31.0 Å². The highest BCUT2D eigenvalue weighted by atomic mass is 16.5. The summed E-state index contributed by atoms with van der Waals surface area (Å²) in [4.78, 5) is 24.0. The molecule has 0 heterocycles. The fourth-order valence-corrected chi connectivity index (χ4v) is 2.39. The maximum absolute atomic E-state index is 12.0. The summed E-state index contributed by atoms with van der Waals surface area (Å²) in [6, 6.07) is 14.8. The molecule has 0 spiro atoms. The summed E-state index contributed by atoms with van der Waals surface area (Å²) in [6.07, 6.45) is 0.452. The summed E-state index contributed by atoms with van der Waals surface area (Å²) in [5.74, 6) is 0.689. The molecule has 0 aliphatic carbocycles. The summed E-state index contributed by atoms with van der Waals surface area (Å²) >= 11 is 0. The van der Waals surface area contributed by atoms with Gasteiger partial charge in [-0.25, -0.2) is 0 Å². The lowest BCUT2D eigenvalue weighted by molar-refractivity contribution is -0.126. The van der Waals surface area contributed by atoms with Crippen molar-refractivity contribution in [2.24, 2.45) is 0 Å². The second-order valence-corrected chi connectivity index (χ2v) is 5.60. The van der Waals surface area contributed by atoms with Crippen molar-refractivity contribution >= 4 is 17.5 Å². The highest BCUT2D eigenvalue weighted by molar-refractivity contribution is 6.04. The zero-order chi connectivity index (χ0) is 18.8. The first-order chi connectivity index (χ1) is 12.6. The molecule has 0 radical (unpaired) electrons. The third kappa shape index (κ3) is 6.12. The van der Waals surface area contributed by atoms with E-state index in [2.05, 4.69) is 10.6 Å². The Labute approximate surface area is 153 Å². The first-order valence-electron chi connectivity index (χ1n) is 8.53. The SMILES string of the molecule is CCOc1ccccc1NC(=O)CC(=O)NCCc1ccc(OC)cc1. The van der Waals surface area contributed by atoms with Crippen molar-refractivity contribution in [1.29, 1.82) is 0 Å². The summed E-state index contributed by atoms with van der Waals surface area (Å²) in [5, 5.41) is 5.46. The normalized spacial score (nSPS) is 10.1. The van der Waals surface area contributed by atoms with Crippen molar-refractivity contribution in [3.8, 4) is 11.5 Å². The molecule has 2 N–H and O–H groups in total. The molecule has 6 nitrogen and oxygen atoms in total. The standard InChI is InChI=1S/C20H24N2O4/c1-3-26-18-7-5-4-6-17(18)22-20(24)14-19(23)21-13-12-15-8-10-16(25-2)11-9-15/h4-11H,3,12-14H2,1-2H3,(H,21,23)(H,22,24). The van der Waals surface area contributed by atoms with Crippen LogP contribution in [0.4, 0.5) is 5.69 Å². The molecule has 0 saturated heterocycles. The van der Waals surface area contributed by atoms with Gasteiger partial charge in [0.2, 0.25) is 11.8 Å². The molecule has 0 atom stereocenters. The van der Waals surface area contributed by atoms with Gasteiger partial charge < -0.3 is 20.1 Å². The first-order valence-corrected chi connectivity index (χ1v) is 8.53. The van der Waals surface area contributed by atoms with Crippen molar-refractivity contribution in [1.82, 2.24) is 5.32 Å². The van der Waals surface area contributed by atoms with Gasteiger partial charge in [0, 0.05) is 6.54 Å². The number of ether oxygens (including phenoxy) is 2. The molecule has 2 amide bonds. The second kappa shape index (κ2) is 10.1. The number of methoxy groups -OCH3 is 1. The molecule has 0 unspecified atom stereocenters. The maximum atomic E-state index is 12.0. The molecular formula is C20H24N2O4. The summed E-state index contributed by atoms with van der Waals surface area (Å²) in [7, 11) is 1.62. The van der Waals surface area contributed by atoms with Crippen LogP contribution in [-0.2, 0) is 16.0 Å². The topological polar surface area (TPSA) is 76.7 Å². The van der Waals surface area contributed by atoms with Gasteiger partial charge in [0.1, 0.15) is 17.9 Å². The predicted octanol–water partition coefficient (Wildman–Crippen LogP) is 2.78. The fraction of sp³-hybridized carbons (Fsp3) is 0.300. The van der Waals surface area contributed by atoms with Crippen LogP contribution in [-0.4, -0.2) is 32.1 Å². The largest absolute Gasteiger partial charge is 0.497 e. The lowest BCUT2D eigenvalue weighted by Gasteiger charge is -2.11. The Balaban J connectivity index is 1.75. The Morgan fingerprint density at radius 1 is 1.00 bits per heavy atom. The Kier molecular flexibility index (Phi) is 7.49. The van der Waals surface area contributed by atoms with E-state index in [1.165, 1.54) is 0 Å². The van der Waals surface area contributed by atoms with Crippen molar-refractivity contribution in [3.05, 3.63) is 54.1 Å². The van der Waals surface area contributed by atoms with Gasteiger partial charge in [-0.15, -0.1) is 0 Å². The van der Waals surface area contributed by atoms with Crippen LogP contribution >= 0.6 is 0 Å². The van der Waals surface area contributed by atoms with Gasteiger partial charge in [-0.3, -0.25) is 9.59 Å². The number of rotatable bonds is 9. The number of carbonyl (C=O) groups is 2. The van der Waals surface area contributed by atoms with Gasteiger partial charge in [-0.2, -0.15) is 0 Å². The van der Waals surface area contributed by atoms with Gasteiger partial charge in [0.15, 0.2) is 0 Å². The van der Waals surface area contributed by atoms with Gasteiger partial charge >= 0.3 is 0 Å². The fourth-order valence-electron chi connectivity index (χ4n) is 2.39. The average Bonchev–Trinajstić information content (AvgIpc) is 2.64. The average molecular weight is 356 g/mol. The number of para-hydroxylation sites is 2. The number of amides is 2. The molecule has 0 saturated carbocycles. The minimum absolute atomic E-state index is 0.233. The van der Waals surface area contributed by atoms with E-state index >= 15 is 0 Å². The molecule has 138 valence electrons. The van der Waals surface area contributed by atoms with Crippen molar-refractivity contribution in [2.45, 2.75) is 19.8 Å². The van der Waals surface area contributed by atoms with E-state index in [-0.39, 0.29) is 18.2 Å². The number of nitrogens with one attached hydrogen (secondary N) is 2. The molecular weight excluding hydrogens is 332 g/mol. The Hall–Kier alpha value is -3.02. The van der Waals surface area contributed by atoms with Crippen LogP contribution in [0.15, 0.2) is 48.5 Å². The van der Waals surface area contributed by atoms with Gasteiger partial charge in [-0.1, -0.05) is 24.3 Å². The number of benzene rings is 2. The molecule has 2 aromatic carbocycles. The molecule has 2 aromatic rings. The van der Waals surface area contributed by atoms with Crippen LogP contribution in [0.5, 0.6) is 11.5 Å². The number of anilines is 1. The zero-order valence-electron chi connectivity index (χ0n) is 15.1. The predicted molar refractivity (Wildman–Crippen MR) is 101 cm³/mol. The van der Waals surface area contributed by atoms with Crippen LogP contribution in [0.2, 0.25) is 0 Å². The van der Waals surface area contributed by atoms with Crippen LogP contribution < -0.4 is 20.1 Å². The third-order valence-electron chi connectivity index (χ3n) is 3.68. The number of hydrogen-bond donors (Lipinski definition) is 2. The van der Waals surface area contributed by atoms with Crippen molar-refractivity contribution in [3.63, 3.8) is 0 Å². The molecule has 0 bridgehead atoms. The van der Waals surface area contributed by atoms with E-state index in [0.717, 1.165) is 11.3 Å². The molecule has 0 aliphatic heterocycles. The smallest absolute Gasteiger partial charge is 0.233 e. The van der Waals surface area contributed by atoms with Crippen molar-refractivity contribution in [2.75, 3.05) is 25.6 Å². The highest BCUT2D eigenvalue weighted by Gasteiger charge is 2.11. The van der Waals surface area contributed by atoms with Crippen LogP contribution in [0, 0.1) is 0 Å². The van der Waals surface area contributed by atoms with Crippen LogP contribution in [0.1, 0.15) is 18.9 Å². The molecule has 6 heteroatoms. The Morgan fingerprint density at radius 2 is 1.73 bits per heavy atom. The maximum Gasteiger partial charge on any atom is 0.233 e. The van der Waals surface area contributed by atoms with Gasteiger partial charge in [-0.05, 0) is 43.2 Å². The van der Waals surface area contributed by atoms with E-state index in [9.17, 15) is 9.59 Å². The van der Waals surface area contributed by atoms with E-state index in [1.807, 2.05) is 37.3 Å². The minimum atomic E-state index is -0.376. The van der Waals surface area contributed by atoms with Crippen LogP contribution in [0.25, 0.3) is 0 Å². The van der Waals surface area contributed by atoms with Crippen LogP contribution in [0.3, 0.4) is 0 Å². The number of carbonyl (C=O) groups excluding carboxylic acids is 2. The van der Waals surface area contributed by atoms with Crippen molar-refractivity contribution < 1.29 is 19.1 Å². The van der Waals surface area contributed by atoms with Gasteiger partial charge in [0.05, 0.1) is 19.4 Å². The monoisotopic (exact) mass is 356 g/mol. The van der Waals surface area contributed by atoms with E-state index < -0.39 is 0 Å². The molecule has 0 fully saturated rings. The number of hydrogen-bond acceptors (Lipinski definition) is 4. The summed E-state index contributed by atoms with van der Waals surface area (Å²) in [5.41, 5.74) is 1.64. The lowest BCUT2D eigenvalue weighted by Crippen LogP contribution is -2.29. The molecule has 2 rings (SSSR count). The summed E-state index contributed by atoms with van der Waals surface area (Å²) in [6.45, 7) is 2.83. The summed E-state index contributed by atoms with van der Waals surface area (Å²) < 4.78 is 10.6. The minimum Gasteiger partial charge on any atom is -0.497 e. The molecule has 0 aliphatic rings. The highest BCUT2D eigenvalue weighted by Crippen LogP contribution is 2.23. The molecule has 26 heavy (non-hydrogen) atoms.